The van der Waals surface area contributed by atoms with Gasteiger partial charge in [-0.15, -0.1) is 0 Å². The summed E-state index contributed by atoms with van der Waals surface area (Å²) < 4.78 is 1.01. The zero-order valence-corrected chi connectivity index (χ0v) is 11.8. The van der Waals surface area contributed by atoms with Crippen molar-refractivity contribution in [3.05, 3.63) is 28.2 Å². The molecule has 0 saturated carbocycles. The van der Waals surface area contributed by atoms with Gasteiger partial charge in [0.15, 0.2) is 0 Å². The normalized spacial score (nSPS) is 12.6. The van der Waals surface area contributed by atoms with E-state index in [1.165, 1.54) is 6.42 Å². The van der Waals surface area contributed by atoms with Crippen molar-refractivity contribution < 1.29 is 5.11 Å². The summed E-state index contributed by atoms with van der Waals surface area (Å²) in [6.45, 7) is 5.55. The lowest BCUT2D eigenvalue weighted by atomic mass is 10.1. The van der Waals surface area contributed by atoms with E-state index in [9.17, 15) is 5.11 Å². The number of rotatable bonds is 5. The summed E-state index contributed by atoms with van der Waals surface area (Å²) in [7, 11) is 2.08. The molecule has 1 rings (SSSR count). The van der Waals surface area contributed by atoms with Crippen LogP contribution in [0.4, 0.5) is 5.69 Å². The Morgan fingerprint density at radius 2 is 2.12 bits per heavy atom. The van der Waals surface area contributed by atoms with Crippen molar-refractivity contribution >= 4 is 21.6 Å². The molecule has 3 heteroatoms. The quantitative estimate of drug-likeness (QED) is 0.896. The Kier molecular flexibility index (Phi) is 5.29. The summed E-state index contributed by atoms with van der Waals surface area (Å²) in [6, 6.07) is 6.04. The van der Waals surface area contributed by atoms with Crippen molar-refractivity contribution in [2.45, 2.75) is 26.9 Å². The van der Waals surface area contributed by atoms with E-state index in [0.717, 1.165) is 22.3 Å². The van der Waals surface area contributed by atoms with Crippen LogP contribution >= 0.6 is 15.9 Å². The molecule has 0 heterocycles. The Labute approximate surface area is 106 Å². The lowest BCUT2D eigenvalue weighted by Crippen LogP contribution is -2.24. The summed E-state index contributed by atoms with van der Waals surface area (Å²) in [5.41, 5.74) is 2.09. The number of nitrogens with zero attached hydrogens (tertiary/aromatic N) is 1. The first-order chi connectivity index (χ1) is 7.58. The number of hydrogen-bond acceptors (Lipinski definition) is 2. The van der Waals surface area contributed by atoms with Gasteiger partial charge in [0.1, 0.15) is 0 Å². The molecule has 0 aliphatic carbocycles. The van der Waals surface area contributed by atoms with Crippen LogP contribution in [0.25, 0.3) is 0 Å². The SMILES string of the molecule is CCC(C)CN(C)c1ccc(Br)cc1CO. The maximum atomic E-state index is 9.34. The molecule has 2 nitrogen and oxygen atoms in total. The first kappa shape index (κ1) is 13.5. The molecule has 1 aromatic rings. The highest BCUT2D eigenvalue weighted by atomic mass is 79.9. The van der Waals surface area contributed by atoms with Crippen LogP contribution in [-0.4, -0.2) is 18.7 Å². The third-order valence-electron chi connectivity index (χ3n) is 2.91. The van der Waals surface area contributed by atoms with Gasteiger partial charge in [-0.2, -0.15) is 0 Å². The third kappa shape index (κ3) is 3.49. The Morgan fingerprint density at radius 1 is 1.44 bits per heavy atom. The van der Waals surface area contributed by atoms with Crippen LogP contribution in [-0.2, 0) is 6.61 Å². The van der Waals surface area contributed by atoms with E-state index < -0.39 is 0 Å². The molecule has 0 radical (unpaired) electrons. The average Bonchev–Trinajstić information content (AvgIpc) is 2.28. The largest absolute Gasteiger partial charge is 0.392 e. The number of aliphatic hydroxyl groups excluding tert-OH is 1. The molecule has 1 N–H and O–H groups in total. The fourth-order valence-electron chi connectivity index (χ4n) is 1.75. The van der Waals surface area contributed by atoms with E-state index in [2.05, 4.69) is 47.8 Å². The van der Waals surface area contributed by atoms with E-state index in [1.807, 2.05) is 12.1 Å². The first-order valence-electron chi connectivity index (χ1n) is 5.68. The minimum Gasteiger partial charge on any atom is -0.392 e. The average molecular weight is 286 g/mol. The molecule has 0 aliphatic heterocycles. The highest BCUT2D eigenvalue weighted by Crippen LogP contribution is 2.24. The lowest BCUT2D eigenvalue weighted by molar-refractivity contribution is 0.282. The van der Waals surface area contributed by atoms with Crippen molar-refractivity contribution in [1.82, 2.24) is 0 Å². The summed E-state index contributed by atoms with van der Waals surface area (Å²) in [5, 5.41) is 9.34. The molecule has 16 heavy (non-hydrogen) atoms. The Bertz CT molecular complexity index is 341. The molecule has 0 aromatic heterocycles. The molecule has 0 amide bonds. The van der Waals surface area contributed by atoms with Crippen LogP contribution in [0.5, 0.6) is 0 Å². The number of halogens is 1. The van der Waals surface area contributed by atoms with Crippen molar-refractivity contribution in [2.75, 3.05) is 18.5 Å². The predicted octanol–water partition coefficient (Wildman–Crippen LogP) is 3.42. The van der Waals surface area contributed by atoms with Gasteiger partial charge in [-0.25, -0.2) is 0 Å². The van der Waals surface area contributed by atoms with E-state index in [1.54, 1.807) is 0 Å². The summed E-state index contributed by atoms with van der Waals surface area (Å²) in [5.74, 6) is 0.667. The second-order valence-electron chi connectivity index (χ2n) is 4.33. The van der Waals surface area contributed by atoms with E-state index in [-0.39, 0.29) is 6.61 Å². The molecule has 0 bridgehead atoms. The third-order valence-corrected chi connectivity index (χ3v) is 3.40. The van der Waals surface area contributed by atoms with E-state index >= 15 is 0 Å². The van der Waals surface area contributed by atoms with Crippen molar-refractivity contribution in [1.29, 1.82) is 0 Å². The topological polar surface area (TPSA) is 23.5 Å². The maximum Gasteiger partial charge on any atom is 0.0702 e. The van der Waals surface area contributed by atoms with Gasteiger partial charge >= 0.3 is 0 Å². The molecule has 1 aromatic carbocycles. The van der Waals surface area contributed by atoms with Gasteiger partial charge in [-0.05, 0) is 24.1 Å². The van der Waals surface area contributed by atoms with Crippen molar-refractivity contribution in [2.24, 2.45) is 5.92 Å². The number of anilines is 1. The smallest absolute Gasteiger partial charge is 0.0702 e. The molecule has 0 spiro atoms. The Morgan fingerprint density at radius 3 is 2.69 bits per heavy atom. The lowest BCUT2D eigenvalue weighted by Gasteiger charge is -2.25. The van der Waals surface area contributed by atoms with Gasteiger partial charge in [-0.1, -0.05) is 36.2 Å². The van der Waals surface area contributed by atoms with E-state index in [0.29, 0.717) is 5.92 Å². The van der Waals surface area contributed by atoms with E-state index in [4.69, 9.17) is 0 Å². The molecule has 0 fully saturated rings. The zero-order chi connectivity index (χ0) is 12.1. The summed E-state index contributed by atoms with van der Waals surface area (Å²) in [6.07, 6.45) is 1.18. The molecular weight excluding hydrogens is 266 g/mol. The van der Waals surface area contributed by atoms with Gasteiger partial charge in [0.2, 0.25) is 0 Å². The fraction of sp³-hybridized carbons (Fsp3) is 0.538. The van der Waals surface area contributed by atoms with Gasteiger partial charge in [0, 0.05) is 29.3 Å². The summed E-state index contributed by atoms with van der Waals surface area (Å²) >= 11 is 3.42. The van der Waals surface area contributed by atoms with Crippen LogP contribution < -0.4 is 4.90 Å². The number of benzene rings is 1. The van der Waals surface area contributed by atoms with Crippen LogP contribution in [0.1, 0.15) is 25.8 Å². The van der Waals surface area contributed by atoms with Crippen LogP contribution in [0.3, 0.4) is 0 Å². The Balaban J connectivity index is 2.85. The molecule has 1 unspecified atom stereocenters. The van der Waals surface area contributed by atoms with Crippen LogP contribution in [0.2, 0.25) is 0 Å². The zero-order valence-electron chi connectivity index (χ0n) is 10.2. The highest BCUT2D eigenvalue weighted by molar-refractivity contribution is 9.10. The molecule has 0 saturated heterocycles. The van der Waals surface area contributed by atoms with Gasteiger partial charge in [0.25, 0.3) is 0 Å². The maximum absolute atomic E-state index is 9.34. The standard InChI is InChI=1S/C13H20BrNO/c1-4-10(2)8-15(3)13-6-5-12(14)7-11(13)9-16/h5-7,10,16H,4,8-9H2,1-3H3. The van der Waals surface area contributed by atoms with Gasteiger partial charge in [-0.3, -0.25) is 0 Å². The number of hydrogen-bond donors (Lipinski definition) is 1. The second kappa shape index (κ2) is 6.26. The van der Waals surface area contributed by atoms with Crippen molar-refractivity contribution in [3.63, 3.8) is 0 Å². The second-order valence-corrected chi connectivity index (χ2v) is 5.24. The molecule has 1 atom stereocenters. The Hall–Kier alpha value is -0.540. The van der Waals surface area contributed by atoms with Crippen LogP contribution in [0.15, 0.2) is 22.7 Å². The minimum atomic E-state index is 0.0830. The minimum absolute atomic E-state index is 0.0830. The molecule has 90 valence electrons. The highest BCUT2D eigenvalue weighted by Gasteiger charge is 2.09. The summed E-state index contributed by atoms with van der Waals surface area (Å²) in [4.78, 5) is 2.21. The van der Waals surface area contributed by atoms with Crippen LogP contribution in [0, 0.1) is 5.92 Å². The number of aliphatic hydroxyl groups is 1. The fourth-order valence-corrected chi connectivity index (χ4v) is 2.16. The molecular formula is C13H20BrNO. The van der Waals surface area contributed by atoms with Gasteiger partial charge < -0.3 is 10.0 Å². The predicted molar refractivity (Wildman–Crippen MR) is 72.8 cm³/mol. The molecule has 0 aliphatic rings. The van der Waals surface area contributed by atoms with Crippen molar-refractivity contribution in [3.8, 4) is 0 Å². The first-order valence-corrected chi connectivity index (χ1v) is 6.48. The van der Waals surface area contributed by atoms with Gasteiger partial charge in [0.05, 0.1) is 6.61 Å². The monoisotopic (exact) mass is 285 g/mol.